The Bertz CT molecular complexity index is 141. The van der Waals surface area contributed by atoms with Crippen molar-refractivity contribution in [1.82, 2.24) is 10.6 Å². The quantitative estimate of drug-likeness (QED) is 0.623. The first-order valence-corrected chi connectivity index (χ1v) is 3.88. The maximum atomic E-state index is 10.7. The van der Waals surface area contributed by atoms with Crippen molar-refractivity contribution in [2.24, 2.45) is 0 Å². The van der Waals surface area contributed by atoms with Crippen LogP contribution in [0.15, 0.2) is 0 Å². The minimum Gasteiger partial charge on any atom is -0.439 e. The van der Waals surface area contributed by atoms with E-state index in [-0.39, 0.29) is 12.5 Å². The van der Waals surface area contributed by atoms with Crippen LogP contribution in [0.5, 0.6) is 0 Å². The molecule has 0 fully saturated rings. The van der Waals surface area contributed by atoms with Crippen LogP contribution in [0.25, 0.3) is 0 Å². The molecule has 0 aromatic heterocycles. The van der Waals surface area contributed by atoms with Crippen molar-refractivity contribution < 1.29 is 14.3 Å². The lowest BCUT2D eigenvalue weighted by Crippen LogP contribution is -2.31. The van der Waals surface area contributed by atoms with Crippen molar-refractivity contribution in [3.8, 4) is 0 Å². The third kappa shape index (κ3) is 5.52. The predicted molar refractivity (Wildman–Crippen MR) is 43.7 cm³/mol. The fourth-order valence-electron chi connectivity index (χ4n) is 0.575. The number of carbonyl (C=O) groups is 2. The van der Waals surface area contributed by atoms with E-state index >= 15 is 0 Å². The highest BCUT2D eigenvalue weighted by atomic mass is 16.6. The summed E-state index contributed by atoms with van der Waals surface area (Å²) in [7, 11) is 0. The maximum Gasteiger partial charge on any atom is 0.407 e. The average Bonchev–Trinajstić information content (AvgIpc) is 2.02. The van der Waals surface area contributed by atoms with Gasteiger partial charge in [-0.1, -0.05) is 0 Å². The Labute approximate surface area is 71.5 Å². The van der Waals surface area contributed by atoms with E-state index in [0.717, 1.165) is 0 Å². The van der Waals surface area contributed by atoms with Gasteiger partial charge in [0.15, 0.2) is 6.61 Å². The number of carbonyl (C=O) groups excluding carboxylic acids is 2. The van der Waals surface area contributed by atoms with Gasteiger partial charge in [0.2, 0.25) is 0 Å². The van der Waals surface area contributed by atoms with Gasteiger partial charge >= 0.3 is 6.09 Å². The number of ether oxygens (including phenoxy) is 1. The zero-order chi connectivity index (χ0) is 9.40. The third-order valence-electron chi connectivity index (χ3n) is 1.03. The lowest BCUT2D eigenvalue weighted by molar-refractivity contribution is -0.123. The Morgan fingerprint density at radius 2 is 1.75 bits per heavy atom. The number of amides is 2. The molecule has 2 amide bonds. The molecule has 12 heavy (non-hydrogen) atoms. The highest BCUT2D eigenvalue weighted by Crippen LogP contribution is 1.77. The molecule has 0 saturated carbocycles. The second kappa shape index (κ2) is 6.45. The van der Waals surface area contributed by atoms with Crippen LogP contribution in [0, 0.1) is 0 Å². The van der Waals surface area contributed by atoms with Crippen molar-refractivity contribution in [2.75, 3.05) is 19.7 Å². The SMILES string of the molecule is CCNC(=O)COC(=O)NCC. The summed E-state index contributed by atoms with van der Waals surface area (Å²) in [5.74, 6) is -0.288. The Kier molecular flexibility index (Phi) is 5.77. The van der Waals surface area contributed by atoms with E-state index in [9.17, 15) is 9.59 Å². The number of hydrogen-bond donors (Lipinski definition) is 2. The predicted octanol–water partition coefficient (Wildman–Crippen LogP) is -0.131. The van der Waals surface area contributed by atoms with Crippen LogP contribution in [0.3, 0.4) is 0 Å². The molecule has 0 spiro atoms. The van der Waals surface area contributed by atoms with Crippen molar-refractivity contribution in [2.45, 2.75) is 13.8 Å². The van der Waals surface area contributed by atoms with Crippen LogP contribution in [-0.2, 0) is 9.53 Å². The van der Waals surface area contributed by atoms with E-state index < -0.39 is 6.09 Å². The minimum absolute atomic E-state index is 0.223. The molecule has 70 valence electrons. The van der Waals surface area contributed by atoms with E-state index in [1.807, 2.05) is 0 Å². The van der Waals surface area contributed by atoms with Gasteiger partial charge in [-0.3, -0.25) is 4.79 Å². The molecule has 0 unspecified atom stereocenters. The number of hydrogen-bond acceptors (Lipinski definition) is 3. The first-order chi connectivity index (χ1) is 5.70. The van der Waals surface area contributed by atoms with Gasteiger partial charge in [-0.15, -0.1) is 0 Å². The second-order valence-electron chi connectivity index (χ2n) is 2.06. The van der Waals surface area contributed by atoms with Crippen LogP contribution >= 0.6 is 0 Å². The first kappa shape index (κ1) is 10.7. The molecular weight excluding hydrogens is 160 g/mol. The van der Waals surface area contributed by atoms with Crippen molar-refractivity contribution in [3.63, 3.8) is 0 Å². The van der Waals surface area contributed by atoms with Crippen molar-refractivity contribution in [3.05, 3.63) is 0 Å². The van der Waals surface area contributed by atoms with E-state index in [4.69, 9.17) is 0 Å². The lowest BCUT2D eigenvalue weighted by Gasteiger charge is -2.04. The Morgan fingerprint density at radius 1 is 1.17 bits per heavy atom. The molecule has 0 bridgehead atoms. The summed E-state index contributed by atoms with van der Waals surface area (Å²) in [5, 5.41) is 4.90. The second-order valence-corrected chi connectivity index (χ2v) is 2.06. The summed E-state index contributed by atoms with van der Waals surface area (Å²) >= 11 is 0. The van der Waals surface area contributed by atoms with Gasteiger partial charge in [0, 0.05) is 13.1 Å². The highest BCUT2D eigenvalue weighted by molar-refractivity contribution is 5.79. The first-order valence-electron chi connectivity index (χ1n) is 3.88. The van der Waals surface area contributed by atoms with E-state index in [0.29, 0.717) is 13.1 Å². The molecule has 0 aromatic carbocycles. The van der Waals surface area contributed by atoms with Crippen LogP contribution in [0.4, 0.5) is 4.79 Å². The molecule has 0 aliphatic carbocycles. The van der Waals surface area contributed by atoms with Crippen molar-refractivity contribution >= 4 is 12.0 Å². The monoisotopic (exact) mass is 174 g/mol. The standard InChI is InChI=1S/C7H14N2O3/c1-3-8-6(10)5-12-7(11)9-4-2/h3-5H2,1-2H3,(H,8,10)(H,9,11). The van der Waals surface area contributed by atoms with E-state index in [1.165, 1.54) is 0 Å². The molecule has 0 aliphatic heterocycles. The number of alkyl carbamates (subject to hydrolysis) is 1. The zero-order valence-electron chi connectivity index (χ0n) is 7.35. The molecule has 0 heterocycles. The largest absolute Gasteiger partial charge is 0.439 e. The molecule has 5 heteroatoms. The molecule has 0 atom stereocenters. The summed E-state index contributed by atoms with van der Waals surface area (Å²) in [6.07, 6.45) is -0.566. The number of likely N-dealkylation sites (N-methyl/N-ethyl adjacent to an activating group) is 1. The topological polar surface area (TPSA) is 67.4 Å². The molecule has 0 radical (unpaired) electrons. The third-order valence-corrected chi connectivity index (χ3v) is 1.03. The maximum absolute atomic E-state index is 10.7. The normalized spacial score (nSPS) is 8.83. The summed E-state index contributed by atoms with van der Waals surface area (Å²) in [6.45, 7) is 4.38. The van der Waals surface area contributed by atoms with Gasteiger partial charge in [0.25, 0.3) is 5.91 Å². The van der Waals surface area contributed by atoms with Crippen LogP contribution in [0.2, 0.25) is 0 Å². The van der Waals surface area contributed by atoms with Gasteiger partial charge < -0.3 is 15.4 Å². The summed E-state index contributed by atoms with van der Waals surface area (Å²) in [6, 6.07) is 0. The van der Waals surface area contributed by atoms with Gasteiger partial charge in [-0.05, 0) is 13.8 Å². The average molecular weight is 174 g/mol. The van der Waals surface area contributed by atoms with Gasteiger partial charge in [-0.25, -0.2) is 4.79 Å². The fourth-order valence-corrected chi connectivity index (χ4v) is 0.575. The molecule has 2 N–H and O–H groups in total. The molecular formula is C7H14N2O3. The zero-order valence-corrected chi connectivity index (χ0v) is 7.35. The minimum atomic E-state index is -0.566. The fraction of sp³-hybridized carbons (Fsp3) is 0.714. The van der Waals surface area contributed by atoms with Crippen LogP contribution in [0.1, 0.15) is 13.8 Å². The summed E-state index contributed by atoms with van der Waals surface area (Å²) < 4.78 is 4.53. The highest BCUT2D eigenvalue weighted by Gasteiger charge is 2.03. The van der Waals surface area contributed by atoms with Gasteiger partial charge in [-0.2, -0.15) is 0 Å². The van der Waals surface area contributed by atoms with Gasteiger partial charge in [0.05, 0.1) is 0 Å². The molecule has 0 aliphatic rings. The molecule has 0 aromatic rings. The molecule has 0 saturated heterocycles. The van der Waals surface area contributed by atoms with E-state index in [2.05, 4.69) is 15.4 Å². The van der Waals surface area contributed by atoms with Gasteiger partial charge in [0.1, 0.15) is 0 Å². The lowest BCUT2D eigenvalue weighted by atomic mass is 10.6. The number of rotatable bonds is 4. The molecule has 5 nitrogen and oxygen atoms in total. The Hall–Kier alpha value is -1.26. The molecule has 0 rings (SSSR count). The van der Waals surface area contributed by atoms with Crippen LogP contribution in [-0.4, -0.2) is 31.7 Å². The summed E-state index contributed by atoms with van der Waals surface area (Å²) in [5.41, 5.74) is 0. The summed E-state index contributed by atoms with van der Waals surface area (Å²) in [4.78, 5) is 21.4. The smallest absolute Gasteiger partial charge is 0.407 e. The van der Waals surface area contributed by atoms with Crippen LogP contribution < -0.4 is 10.6 Å². The van der Waals surface area contributed by atoms with E-state index in [1.54, 1.807) is 13.8 Å². The Morgan fingerprint density at radius 3 is 2.25 bits per heavy atom. The van der Waals surface area contributed by atoms with Crippen molar-refractivity contribution in [1.29, 1.82) is 0 Å². The Balaban J connectivity index is 3.40. The number of nitrogens with one attached hydrogen (secondary N) is 2.